The van der Waals surface area contributed by atoms with Crippen molar-refractivity contribution >= 4 is 22.6 Å². The van der Waals surface area contributed by atoms with Gasteiger partial charge in [-0.2, -0.15) is 5.10 Å². The molecule has 3 aromatic rings. The van der Waals surface area contributed by atoms with E-state index in [1.807, 2.05) is 29.9 Å². The number of amides is 1. The SMILES string of the molecule is Cc1cc(C(=O)Nc2cnn(C3CCCC3)c2)c2nc[nH]c2c1. The van der Waals surface area contributed by atoms with E-state index in [1.54, 1.807) is 12.5 Å². The molecule has 1 saturated carbocycles. The molecule has 0 bridgehead atoms. The Morgan fingerprint density at radius 2 is 2.17 bits per heavy atom. The zero-order valence-electron chi connectivity index (χ0n) is 13.0. The van der Waals surface area contributed by atoms with Crippen molar-refractivity contribution in [2.75, 3.05) is 5.32 Å². The lowest BCUT2D eigenvalue weighted by molar-refractivity contribution is 0.102. The fraction of sp³-hybridized carbons (Fsp3) is 0.353. The lowest BCUT2D eigenvalue weighted by Gasteiger charge is -2.08. The number of hydrogen-bond acceptors (Lipinski definition) is 3. The number of aryl methyl sites for hydroxylation is 1. The van der Waals surface area contributed by atoms with E-state index in [2.05, 4.69) is 20.4 Å². The van der Waals surface area contributed by atoms with Gasteiger partial charge in [-0.25, -0.2) is 4.98 Å². The molecule has 0 unspecified atom stereocenters. The maximum atomic E-state index is 12.6. The van der Waals surface area contributed by atoms with Crippen LogP contribution in [0.5, 0.6) is 0 Å². The van der Waals surface area contributed by atoms with Gasteiger partial charge in [0.25, 0.3) is 5.91 Å². The van der Waals surface area contributed by atoms with Gasteiger partial charge < -0.3 is 10.3 Å². The van der Waals surface area contributed by atoms with Crippen LogP contribution in [0.2, 0.25) is 0 Å². The molecule has 1 aliphatic rings. The van der Waals surface area contributed by atoms with Crippen LogP contribution < -0.4 is 5.32 Å². The first-order chi connectivity index (χ1) is 11.2. The van der Waals surface area contributed by atoms with Crippen molar-refractivity contribution in [2.45, 2.75) is 38.6 Å². The summed E-state index contributed by atoms with van der Waals surface area (Å²) in [5.41, 5.74) is 3.89. The van der Waals surface area contributed by atoms with Gasteiger partial charge in [0.2, 0.25) is 0 Å². The highest BCUT2D eigenvalue weighted by Gasteiger charge is 2.19. The van der Waals surface area contributed by atoms with Gasteiger partial charge in [0.1, 0.15) is 5.52 Å². The summed E-state index contributed by atoms with van der Waals surface area (Å²) in [4.78, 5) is 19.9. The summed E-state index contributed by atoms with van der Waals surface area (Å²) in [5.74, 6) is -0.156. The number of nitrogens with one attached hydrogen (secondary N) is 2. The lowest BCUT2D eigenvalue weighted by atomic mass is 10.1. The van der Waals surface area contributed by atoms with Crippen LogP contribution >= 0.6 is 0 Å². The first kappa shape index (κ1) is 14.0. The van der Waals surface area contributed by atoms with Crippen molar-refractivity contribution in [3.05, 3.63) is 42.0 Å². The van der Waals surface area contributed by atoms with Crippen LogP contribution in [0.25, 0.3) is 11.0 Å². The van der Waals surface area contributed by atoms with Crippen molar-refractivity contribution in [1.82, 2.24) is 19.7 Å². The van der Waals surface area contributed by atoms with E-state index in [4.69, 9.17) is 0 Å². The first-order valence-corrected chi connectivity index (χ1v) is 8.00. The molecule has 6 nitrogen and oxygen atoms in total. The van der Waals surface area contributed by atoms with E-state index in [9.17, 15) is 4.79 Å². The molecule has 0 radical (unpaired) electrons. The number of benzene rings is 1. The standard InChI is InChI=1S/C17H19N5O/c1-11-6-14(16-15(7-11)18-10-19-16)17(23)21-12-8-20-22(9-12)13-4-2-3-5-13/h6-10,13H,2-5H2,1H3,(H,18,19)(H,21,23). The maximum Gasteiger partial charge on any atom is 0.258 e. The summed E-state index contributed by atoms with van der Waals surface area (Å²) in [5, 5.41) is 7.33. The van der Waals surface area contributed by atoms with Gasteiger partial charge in [0, 0.05) is 6.20 Å². The van der Waals surface area contributed by atoms with Crippen LogP contribution in [0.3, 0.4) is 0 Å². The number of imidazole rings is 1. The summed E-state index contributed by atoms with van der Waals surface area (Å²) in [6.07, 6.45) is 10.1. The highest BCUT2D eigenvalue weighted by Crippen LogP contribution is 2.29. The molecular weight excluding hydrogens is 290 g/mol. The number of carbonyl (C=O) groups is 1. The van der Waals surface area contributed by atoms with Gasteiger partial charge in [-0.3, -0.25) is 9.48 Å². The van der Waals surface area contributed by atoms with Crippen molar-refractivity contribution in [3.63, 3.8) is 0 Å². The summed E-state index contributed by atoms with van der Waals surface area (Å²) in [6.45, 7) is 1.97. The van der Waals surface area contributed by atoms with Gasteiger partial charge in [-0.15, -0.1) is 0 Å². The number of aromatic amines is 1. The van der Waals surface area contributed by atoms with E-state index in [1.165, 1.54) is 25.7 Å². The van der Waals surface area contributed by atoms with Gasteiger partial charge in [0.15, 0.2) is 0 Å². The highest BCUT2D eigenvalue weighted by molar-refractivity contribution is 6.11. The molecule has 2 heterocycles. The molecule has 23 heavy (non-hydrogen) atoms. The Morgan fingerprint density at radius 3 is 3.00 bits per heavy atom. The number of carbonyl (C=O) groups excluding carboxylic acids is 1. The number of nitrogens with zero attached hydrogens (tertiary/aromatic N) is 3. The lowest BCUT2D eigenvalue weighted by Crippen LogP contribution is -2.12. The summed E-state index contributed by atoms with van der Waals surface area (Å²) < 4.78 is 1.98. The summed E-state index contributed by atoms with van der Waals surface area (Å²) in [6, 6.07) is 4.31. The third-order valence-corrected chi connectivity index (χ3v) is 4.47. The van der Waals surface area contributed by atoms with Crippen molar-refractivity contribution in [3.8, 4) is 0 Å². The van der Waals surface area contributed by atoms with Gasteiger partial charge in [-0.1, -0.05) is 12.8 Å². The van der Waals surface area contributed by atoms with E-state index in [0.717, 1.165) is 16.8 Å². The minimum absolute atomic E-state index is 0.156. The van der Waals surface area contributed by atoms with Crippen molar-refractivity contribution < 1.29 is 4.79 Å². The zero-order chi connectivity index (χ0) is 15.8. The smallest absolute Gasteiger partial charge is 0.258 e. The monoisotopic (exact) mass is 309 g/mol. The number of H-pyrrole nitrogens is 1. The molecule has 118 valence electrons. The number of aromatic nitrogens is 4. The Hall–Kier alpha value is -2.63. The molecule has 1 aliphatic carbocycles. The molecule has 0 spiro atoms. The average Bonchev–Trinajstić information content (AvgIpc) is 3.26. The van der Waals surface area contributed by atoms with Gasteiger partial charge in [-0.05, 0) is 37.5 Å². The Kier molecular flexibility index (Phi) is 3.37. The molecule has 6 heteroatoms. The van der Waals surface area contributed by atoms with Crippen LogP contribution in [-0.4, -0.2) is 25.7 Å². The third kappa shape index (κ3) is 2.60. The molecule has 2 N–H and O–H groups in total. The van der Waals surface area contributed by atoms with E-state index in [0.29, 0.717) is 17.1 Å². The highest BCUT2D eigenvalue weighted by atomic mass is 16.1. The molecule has 0 saturated heterocycles. The maximum absolute atomic E-state index is 12.6. The topological polar surface area (TPSA) is 75.6 Å². The minimum atomic E-state index is -0.156. The predicted molar refractivity (Wildman–Crippen MR) is 88.5 cm³/mol. The quantitative estimate of drug-likeness (QED) is 0.778. The second kappa shape index (κ2) is 5.53. The largest absolute Gasteiger partial charge is 0.345 e. The number of hydrogen-bond donors (Lipinski definition) is 2. The van der Waals surface area contributed by atoms with Crippen LogP contribution in [-0.2, 0) is 0 Å². The predicted octanol–water partition coefficient (Wildman–Crippen LogP) is 3.44. The number of anilines is 1. The molecule has 1 amide bonds. The second-order valence-corrected chi connectivity index (χ2v) is 6.21. The Labute approximate surface area is 133 Å². The minimum Gasteiger partial charge on any atom is -0.345 e. The van der Waals surface area contributed by atoms with Crippen molar-refractivity contribution in [1.29, 1.82) is 0 Å². The van der Waals surface area contributed by atoms with Crippen LogP contribution in [0.1, 0.15) is 47.6 Å². The number of rotatable bonds is 3. The summed E-state index contributed by atoms with van der Waals surface area (Å²) >= 11 is 0. The normalized spacial score (nSPS) is 15.3. The molecule has 1 fully saturated rings. The molecule has 4 rings (SSSR count). The van der Waals surface area contributed by atoms with Crippen LogP contribution in [0, 0.1) is 6.92 Å². The molecule has 2 aromatic heterocycles. The second-order valence-electron chi connectivity index (χ2n) is 6.21. The summed E-state index contributed by atoms with van der Waals surface area (Å²) in [7, 11) is 0. The first-order valence-electron chi connectivity index (χ1n) is 8.00. The van der Waals surface area contributed by atoms with Crippen molar-refractivity contribution in [2.24, 2.45) is 0 Å². The molecule has 0 atom stereocenters. The van der Waals surface area contributed by atoms with E-state index in [-0.39, 0.29) is 5.91 Å². The fourth-order valence-corrected chi connectivity index (χ4v) is 3.34. The average molecular weight is 309 g/mol. The molecule has 1 aromatic carbocycles. The Balaban J connectivity index is 1.58. The van der Waals surface area contributed by atoms with Crippen LogP contribution in [0.4, 0.5) is 5.69 Å². The Bertz CT molecular complexity index is 857. The van der Waals surface area contributed by atoms with Crippen LogP contribution in [0.15, 0.2) is 30.9 Å². The zero-order valence-corrected chi connectivity index (χ0v) is 13.0. The van der Waals surface area contributed by atoms with Gasteiger partial charge in [0.05, 0.1) is 35.3 Å². The molecular formula is C17H19N5O. The number of fused-ring (bicyclic) bond motifs is 1. The Morgan fingerprint density at radius 1 is 1.35 bits per heavy atom. The van der Waals surface area contributed by atoms with E-state index >= 15 is 0 Å². The molecule has 0 aliphatic heterocycles. The fourth-order valence-electron chi connectivity index (χ4n) is 3.34. The third-order valence-electron chi connectivity index (χ3n) is 4.47. The van der Waals surface area contributed by atoms with Gasteiger partial charge >= 0.3 is 0 Å². The van der Waals surface area contributed by atoms with E-state index < -0.39 is 0 Å².